The second-order valence-electron chi connectivity index (χ2n) is 12.5. The van der Waals surface area contributed by atoms with Crippen LogP contribution in [0.25, 0.3) is 6.08 Å². The van der Waals surface area contributed by atoms with Crippen molar-refractivity contribution >= 4 is 17.8 Å². The van der Waals surface area contributed by atoms with Crippen LogP contribution in [0, 0.1) is 23.7 Å². The third-order valence-electron chi connectivity index (χ3n) is 9.51. The summed E-state index contributed by atoms with van der Waals surface area (Å²) in [7, 11) is 0. The summed E-state index contributed by atoms with van der Waals surface area (Å²) in [5.74, 6) is -0.838. The fraction of sp³-hybridized carbons (Fsp3) is 0.515. The molecule has 2 unspecified atom stereocenters. The third kappa shape index (κ3) is 6.46. The summed E-state index contributed by atoms with van der Waals surface area (Å²) in [5, 5.41) is 2.96. The van der Waals surface area contributed by atoms with Gasteiger partial charge in [0.2, 0.25) is 5.79 Å². The summed E-state index contributed by atoms with van der Waals surface area (Å²) in [6.45, 7) is 5.90. The average molecular weight is 632 g/mol. The first kappa shape index (κ1) is 31.5. The molecule has 4 aliphatic heterocycles. The predicted octanol–water partition coefficient (Wildman–Crippen LogP) is 6.18. The lowest BCUT2D eigenvalue weighted by Crippen LogP contribution is -2.72. The topological polar surface area (TPSA) is 102 Å². The summed E-state index contributed by atoms with van der Waals surface area (Å²) in [6, 6.07) is 11.4. The van der Waals surface area contributed by atoms with E-state index in [2.05, 4.69) is 23.9 Å². The highest BCUT2D eigenvalue weighted by Gasteiger charge is 2.69. The van der Waals surface area contributed by atoms with Gasteiger partial charge < -0.3 is 24.3 Å². The molecule has 8 atom stereocenters. The molecule has 12 heteroatoms. The first-order chi connectivity index (χ1) is 21.3. The van der Waals surface area contributed by atoms with Crippen LogP contribution < -0.4 is 14.8 Å². The van der Waals surface area contributed by atoms with Crippen molar-refractivity contribution in [3.63, 3.8) is 0 Å². The maximum absolute atomic E-state index is 12.9. The summed E-state index contributed by atoms with van der Waals surface area (Å²) in [6.07, 6.45) is 0.361. The number of rotatable bonds is 8. The van der Waals surface area contributed by atoms with Gasteiger partial charge in [-0.15, -0.1) is 13.2 Å². The minimum absolute atomic E-state index is 0.0561. The number of amides is 1. The van der Waals surface area contributed by atoms with Crippen LogP contribution in [-0.2, 0) is 24.0 Å². The number of carbonyl (C=O) groups is 2. The molecule has 5 aliphatic rings. The predicted molar refractivity (Wildman–Crippen MR) is 153 cm³/mol. The highest BCUT2D eigenvalue weighted by Crippen LogP contribution is 2.60. The molecule has 2 aromatic carbocycles. The zero-order valence-electron chi connectivity index (χ0n) is 25.2. The van der Waals surface area contributed by atoms with Crippen molar-refractivity contribution < 1.29 is 51.5 Å². The lowest BCUT2D eigenvalue weighted by atomic mass is 9.58. The van der Waals surface area contributed by atoms with Crippen molar-refractivity contribution in [2.24, 2.45) is 23.7 Å². The van der Waals surface area contributed by atoms with Crippen molar-refractivity contribution in [1.29, 1.82) is 0 Å². The number of nitrogens with one attached hydrogen (secondary N) is 1. The number of ether oxygens (including phenoxy) is 4. The highest BCUT2D eigenvalue weighted by molar-refractivity contribution is 6.06. The van der Waals surface area contributed by atoms with Crippen LogP contribution in [0.5, 0.6) is 11.5 Å². The molecular formula is C33H36F3NO8. The first-order valence-corrected chi connectivity index (χ1v) is 15.2. The molecule has 1 amide bonds. The molecule has 0 radical (unpaired) electrons. The van der Waals surface area contributed by atoms with E-state index in [1.54, 1.807) is 24.3 Å². The van der Waals surface area contributed by atoms with Gasteiger partial charge in [-0.3, -0.25) is 9.59 Å². The highest BCUT2D eigenvalue weighted by atomic mass is 19.4. The van der Waals surface area contributed by atoms with E-state index in [0.29, 0.717) is 29.2 Å². The maximum Gasteiger partial charge on any atom is 0.573 e. The smallest absolute Gasteiger partial charge is 0.484 e. The van der Waals surface area contributed by atoms with E-state index >= 15 is 0 Å². The van der Waals surface area contributed by atoms with Crippen molar-refractivity contribution in [2.45, 2.75) is 76.7 Å². The van der Waals surface area contributed by atoms with Gasteiger partial charge in [0.05, 0.1) is 0 Å². The van der Waals surface area contributed by atoms with Gasteiger partial charge in [-0.2, -0.15) is 0 Å². The van der Waals surface area contributed by atoms with Crippen molar-refractivity contribution in [3.8, 4) is 11.5 Å². The van der Waals surface area contributed by atoms with E-state index in [-0.39, 0.29) is 41.8 Å². The van der Waals surface area contributed by atoms with Crippen LogP contribution in [0.15, 0.2) is 54.6 Å². The summed E-state index contributed by atoms with van der Waals surface area (Å²) < 4.78 is 59.2. The second-order valence-corrected chi connectivity index (χ2v) is 12.5. The van der Waals surface area contributed by atoms with E-state index in [0.717, 1.165) is 19.3 Å². The molecule has 1 saturated carbocycles. The molecule has 0 aromatic heterocycles. The zero-order valence-corrected chi connectivity index (χ0v) is 25.2. The number of hydrogen-bond donors (Lipinski definition) is 1. The van der Waals surface area contributed by atoms with Gasteiger partial charge in [0.25, 0.3) is 5.91 Å². The summed E-state index contributed by atoms with van der Waals surface area (Å²) >= 11 is 0. The maximum atomic E-state index is 12.9. The van der Waals surface area contributed by atoms with Crippen molar-refractivity contribution in [1.82, 2.24) is 5.32 Å². The molecule has 9 nitrogen and oxygen atoms in total. The van der Waals surface area contributed by atoms with Gasteiger partial charge in [-0.05, 0) is 86.1 Å². The largest absolute Gasteiger partial charge is 0.573 e. The van der Waals surface area contributed by atoms with E-state index in [9.17, 15) is 22.8 Å². The number of fused-ring (bicyclic) bond motifs is 2. The molecule has 4 heterocycles. The Hall–Kier alpha value is -3.45. The minimum atomic E-state index is -4.77. The Balaban J connectivity index is 1.02. The van der Waals surface area contributed by atoms with Crippen LogP contribution in [0.3, 0.4) is 0 Å². The Morgan fingerprint density at radius 1 is 0.978 bits per heavy atom. The molecular weight excluding hydrogens is 595 g/mol. The van der Waals surface area contributed by atoms with Crippen LogP contribution in [0.1, 0.15) is 62.4 Å². The van der Waals surface area contributed by atoms with E-state index in [1.165, 1.54) is 36.4 Å². The molecule has 2 bridgehead atoms. The lowest BCUT2D eigenvalue weighted by molar-refractivity contribution is -0.571. The number of alkyl halides is 3. The Morgan fingerprint density at radius 3 is 2.40 bits per heavy atom. The molecule has 4 saturated heterocycles. The number of halogens is 3. The Morgan fingerprint density at radius 2 is 1.69 bits per heavy atom. The van der Waals surface area contributed by atoms with E-state index in [1.807, 2.05) is 6.92 Å². The quantitative estimate of drug-likeness (QED) is 0.209. The Labute approximate surface area is 258 Å². The first-order valence-electron chi connectivity index (χ1n) is 15.2. The standard InChI is InChI=1S/C33H36F3NO8/c1-19-4-14-26-20(2)29(41-30-32(26)25(19)16-17-31(3,43-30)44-45-32)37-28(39)18-40-23-12-8-22(9-13-23)27(38)15-7-21-5-10-24(11-6-21)42-33(34,35)36/h5-13,15,19-20,25-26,29-30H,4,14,16-18H2,1-3H3,(H,37,39)/b15-7+/t19-,20-,25?,26?,29+,30-,31-,32-/m1/s1. The van der Waals surface area contributed by atoms with Gasteiger partial charge in [-0.1, -0.05) is 32.1 Å². The fourth-order valence-corrected chi connectivity index (χ4v) is 7.18. The van der Waals surface area contributed by atoms with Gasteiger partial charge in [0.1, 0.15) is 17.7 Å². The molecule has 1 spiro atoms. The zero-order chi connectivity index (χ0) is 32.0. The molecule has 1 N–H and O–H groups in total. The molecule has 45 heavy (non-hydrogen) atoms. The second kappa shape index (κ2) is 12.1. The SMILES string of the molecule is C[C@@H]1CCC2[C@@H](C)[C@@H](NC(=O)COc3ccc(C(=O)/C=C/c4ccc(OC(F)(F)F)cc4)cc3)O[C@@H]3O[C@@]4(C)CCC1[C@@]23OO4. The van der Waals surface area contributed by atoms with Gasteiger partial charge in [0.15, 0.2) is 24.3 Å². The van der Waals surface area contributed by atoms with Gasteiger partial charge in [-0.25, -0.2) is 9.78 Å². The monoisotopic (exact) mass is 631 g/mol. The van der Waals surface area contributed by atoms with Gasteiger partial charge >= 0.3 is 6.36 Å². The minimum Gasteiger partial charge on any atom is -0.484 e. The number of allylic oxidation sites excluding steroid dienone is 1. The van der Waals surface area contributed by atoms with Gasteiger partial charge in [0, 0.05) is 23.8 Å². The average Bonchev–Trinajstić information content (AvgIpc) is 3.23. The van der Waals surface area contributed by atoms with Crippen molar-refractivity contribution in [3.05, 3.63) is 65.7 Å². The normalized spacial score (nSPS) is 34.1. The third-order valence-corrected chi connectivity index (χ3v) is 9.51. The number of carbonyl (C=O) groups excluding carboxylic acids is 2. The van der Waals surface area contributed by atoms with Crippen LogP contribution in [-0.4, -0.2) is 48.6 Å². The number of ketones is 1. The number of hydrogen-bond acceptors (Lipinski definition) is 8. The molecule has 2 aromatic rings. The summed E-state index contributed by atoms with van der Waals surface area (Å²) in [5.41, 5.74) is 0.187. The van der Waals surface area contributed by atoms with Crippen LogP contribution in [0.2, 0.25) is 0 Å². The Kier molecular flexibility index (Phi) is 8.44. The Bertz CT molecular complexity index is 1430. The molecule has 7 rings (SSSR count). The molecule has 242 valence electrons. The lowest BCUT2D eigenvalue weighted by Gasteiger charge is -2.60. The van der Waals surface area contributed by atoms with Crippen LogP contribution in [0.4, 0.5) is 13.2 Å². The van der Waals surface area contributed by atoms with Crippen LogP contribution >= 0.6 is 0 Å². The summed E-state index contributed by atoms with van der Waals surface area (Å²) in [4.78, 5) is 37.5. The molecule has 1 aliphatic carbocycles. The van der Waals surface area contributed by atoms with E-state index in [4.69, 9.17) is 24.0 Å². The van der Waals surface area contributed by atoms with E-state index < -0.39 is 30.3 Å². The van der Waals surface area contributed by atoms with Crippen molar-refractivity contribution in [2.75, 3.05) is 6.61 Å². The fourth-order valence-electron chi connectivity index (χ4n) is 7.18. The molecule has 5 fully saturated rings. The number of benzene rings is 2.